The Hall–Kier alpha value is -2.74. The van der Waals surface area contributed by atoms with Crippen LogP contribution >= 0.6 is 0 Å². The fraction of sp³-hybridized carbons (Fsp3) is 0.435. The molecule has 0 unspecified atom stereocenters. The third-order valence-corrected chi connectivity index (χ3v) is 6.58. The Labute approximate surface area is 184 Å². The fourth-order valence-electron chi connectivity index (χ4n) is 3.66. The molecule has 0 aromatic heterocycles. The molecule has 1 aliphatic rings. The summed E-state index contributed by atoms with van der Waals surface area (Å²) in [4.78, 5) is 14.5. The van der Waals surface area contributed by atoms with Crippen molar-refractivity contribution < 1.29 is 17.9 Å². The lowest BCUT2D eigenvalue weighted by molar-refractivity contribution is -0.116. The number of nitrogens with zero attached hydrogens (tertiary/aromatic N) is 1. The molecule has 3 rings (SSSR count). The summed E-state index contributed by atoms with van der Waals surface area (Å²) < 4.78 is 34.5. The van der Waals surface area contributed by atoms with Crippen LogP contribution in [0.4, 0.5) is 17.1 Å². The van der Waals surface area contributed by atoms with E-state index in [1.807, 2.05) is 13.8 Å². The van der Waals surface area contributed by atoms with Crippen molar-refractivity contribution in [1.29, 1.82) is 0 Å². The van der Waals surface area contributed by atoms with Gasteiger partial charge in [-0.2, -0.15) is 0 Å². The highest BCUT2D eigenvalue weighted by Gasteiger charge is 2.24. The first-order valence-electron chi connectivity index (χ1n) is 10.6. The Kier molecular flexibility index (Phi) is 7.43. The zero-order valence-corrected chi connectivity index (χ0v) is 19.2. The Morgan fingerprint density at radius 2 is 1.68 bits per heavy atom. The van der Waals surface area contributed by atoms with Crippen LogP contribution in [-0.4, -0.2) is 34.5 Å². The van der Waals surface area contributed by atoms with Crippen LogP contribution in [0.1, 0.15) is 39.5 Å². The number of methoxy groups -OCH3 is 1. The van der Waals surface area contributed by atoms with Gasteiger partial charge in [0.15, 0.2) is 0 Å². The van der Waals surface area contributed by atoms with Crippen molar-refractivity contribution in [3.05, 3.63) is 42.5 Å². The largest absolute Gasteiger partial charge is 0.497 e. The van der Waals surface area contributed by atoms with Gasteiger partial charge in [-0.15, -0.1) is 0 Å². The van der Waals surface area contributed by atoms with Crippen LogP contribution in [0.3, 0.4) is 0 Å². The molecule has 1 fully saturated rings. The number of sulfonamides is 1. The monoisotopic (exact) mass is 445 g/mol. The summed E-state index contributed by atoms with van der Waals surface area (Å²) in [7, 11) is -2.32. The summed E-state index contributed by atoms with van der Waals surface area (Å²) in [5, 5.41) is 2.83. The Morgan fingerprint density at radius 1 is 1.03 bits per heavy atom. The molecule has 0 radical (unpaired) electrons. The van der Waals surface area contributed by atoms with E-state index >= 15 is 0 Å². The maximum atomic E-state index is 13.4. The number of hydrogen-bond acceptors (Lipinski definition) is 5. The first-order chi connectivity index (χ1) is 14.8. The summed E-state index contributed by atoms with van der Waals surface area (Å²) in [6.07, 6.45) is 3.57. The number of piperidine rings is 1. The van der Waals surface area contributed by atoms with E-state index in [0.29, 0.717) is 29.2 Å². The average molecular weight is 446 g/mol. The molecule has 7 nitrogen and oxygen atoms in total. The van der Waals surface area contributed by atoms with Crippen LogP contribution in [0.15, 0.2) is 47.4 Å². The standard InChI is InChI=1S/C23H31N3O4S/c1-17(2)15-23(27)24-19-9-12-21(26-13-5-4-6-14-26)22(16-19)31(28,29)25-18-7-10-20(30-3)11-8-18/h7-12,16-17,25H,4-6,13-15H2,1-3H3,(H,24,27). The highest BCUT2D eigenvalue weighted by Crippen LogP contribution is 2.32. The van der Waals surface area contributed by atoms with Crippen molar-refractivity contribution >= 4 is 33.0 Å². The molecule has 1 amide bonds. The van der Waals surface area contributed by atoms with Crippen LogP contribution in [0.5, 0.6) is 5.75 Å². The van der Waals surface area contributed by atoms with E-state index in [2.05, 4.69) is 14.9 Å². The molecule has 0 spiro atoms. The number of amides is 1. The SMILES string of the molecule is COc1ccc(NS(=O)(=O)c2cc(NC(=O)CC(C)C)ccc2N2CCCCC2)cc1. The maximum Gasteiger partial charge on any atom is 0.264 e. The van der Waals surface area contributed by atoms with Crippen LogP contribution in [0.2, 0.25) is 0 Å². The maximum absolute atomic E-state index is 13.4. The summed E-state index contributed by atoms with van der Waals surface area (Å²) in [6, 6.07) is 11.8. The van der Waals surface area contributed by atoms with Crippen LogP contribution in [0.25, 0.3) is 0 Å². The Bertz CT molecular complexity index is 998. The van der Waals surface area contributed by atoms with Crippen molar-refractivity contribution in [3.8, 4) is 5.75 Å². The first kappa shape index (κ1) is 22.9. The Morgan fingerprint density at radius 3 is 2.29 bits per heavy atom. The predicted octanol–water partition coefficient (Wildman–Crippen LogP) is 4.47. The van der Waals surface area contributed by atoms with Crippen molar-refractivity contribution in [2.24, 2.45) is 5.92 Å². The smallest absolute Gasteiger partial charge is 0.264 e. The first-order valence-corrected chi connectivity index (χ1v) is 12.1. The molecule has 31 heavy (non-hydrogen) atoms. The molecule has 2 aromatic rings. The molecule has 0 atom stereocenters. The number of hydrogen-bond donors (Lipinski definition) is 2. The summed E-state index contributed by atoms with van der Waals surface area (Å²) in [5.74, 6) is 0.728. The minimum Gasteiger partial charge on any atom is -0.497 e. The minimum atomic E-state index is -3.88. The second kappa shape index (κ2) is 10.0. The van der Waals surface area contributed by atoms with E-state index in [1.54, 1.807) is 49.6 Å². The molecular weight excluding hydrogens is 414 g/mol. The number of anilines is 3. The lowest BCUT2D eigenvalue weighted by Gasteiger charge is -2.30. The van der Waals surface area contributed by atoms with E-state index in [0.717, 1.165) is 32.4 Å². The topological polar surface area (TPSA) is 87.7 Å². The molecule has 168 valence electrons. The molecule has 1 heterocycles. The van der Waals surface area contributed by atoms with Gasteiger partial charge in [0, 0.05) is 30.9 Å². The molecule has 0 bridgehead atoms. The van der Waals surface area contributed by atoms with Crippen molar-refractivity contribution in [3.63, 3.8) is 0 Å². The quantitative estimate of drug-likeness (QED) is 0.626. The van der Waals surface area contributed by atoms with Gasteiger partial charge in [-0.3, -0.25) is 9.52 Å². The van der Waals surface area contributed by atoms with Gasteiger partial charge >= 0.3 is 0 Å². The van der Waals surface area contributed by atoms with E-state index in [1.165, 1.54) is 0 Å². The fourth-order valence-corrected chi connectivity index (χ4v) is 4.97. The molecule has 1 aliphatic heterocycles. The van der Waals surface area contributed by atoms with Gasteiger partial charge in [-0.1, -0.05) is 13.8 Å². The number of rotatable bonds is 8. The molecule has 0 aliphatic carbocycles. The summed E-state index contributed by atoms with van der Waals surface area (Å²) >= 11 is 0. The van der Waals surface area contributed by atoms with Crippen LogP contribution in [-0.2, 0) is 14.8 Å². The average Bonchev–Trinajstić information content (AvgIpc) is 2.74. The highest BCUT2D eigenvalue weighted by atomic mass is 32.2. The third-order valence-electron chi connectivity index (χ3n) is 5.17. The molecule has 8 heteroatoms. The van der Waals surface area contributed by atoms with Crippen molar-refractivity contribution in [1.82, 2.24) is 0 Å². The van der Waals surface area contributed by atoms with Crippen molar-refractivity contribution in [2.75, 3.05) is 35.1 Å². The molecule has 2 aromatic carbocycles. The molecule has 0 saturated carbocycles. The lowest BCUT2D eigenvalue weighted by Crippen LogP contribution is -2.31. The summed E-state index contributed by atoms with van der Waals surface area (Å²) in [5.41, 5.74) is 1.57. The van der Waals surface area contributed by atoms with Gasteiger partial charge in [0.05, 0.1) is 12.8 Å². The number of nitrogens with one attached hydrogen (secondary N) is 2. The zero-order valence-electron chi connectivity index (χ0n) is 18.3. The van der Waals surface area contributed by atoms with Crippen LogP contribution in [0, 0.1) is 5.92 Å². The van der Waals surface area contributed by atoms with E-state index < -0.39 is 10.0 Å². The summed E-state index contributed by atoms with van der Waals surface area (Å²) in [6.45, 7) is 5.55. The van der Waals surface area contributed by atoms with Gasteiger partial charge in [-0.05, 0) is 67.6 Å². The van der Waals surface area contributed by atoms with Gasteiger partial charge in [-0.25, -0.2) is 8.42 Å². The second-order valence-corrected chi connectivity index (χ2v) is 9.86. The third kappa shape index (κ3) is 6.13. The molecule has 1 saturated heterocycles. The van der Waals surface area contributed by atoms with Gasteiger partial charge in [0.2, 0.25) is 5.91 Å². The minimum absolute atomic E-state index is 0.132. The highest BCUT2D eigenvalue weighted by molar-refractivity contribution is 7.92. The number of ether oxygens (including phenoxy) is 1. The molecule has 2 N–H and O–H groups in total. The van der Waals surface area contributed by atoms with E-state index in [9.17, 15) is 13.2 Å². The van der Waals surface area contributed by atoms with E-state index in [4.69, 9.17) is 4.74 Å². The van der Waals surface area contributed by atoms with Gasteiger partial charge < -0.3 is 15.0 Å². The normalized spacial score (nSPS) is 14.4. The number of carbonyl (C=O) groups is 1. The number of carbonyl (C=O) groups excluding carboxylic acids is 1. The number of benzene rings is 2. The van der Waals surface area contributed by atoms with Gasteiger partial charge in [0.25, 0.3) is 10.0 Å². The Balaban J connectivity index is 1.94. The van der Waals surface area contributed by atoms with Gasteiger partial charge in [0.1, 0.15) is 10.6 Å². The second-order valence-electron chi connectivity index (χ2n) is 8.21. The van der Waals surface area contributed by atoms with E-state index in [-0.39, 0.29) is 16.7 Å². The predicted molar refractivity (Wildman–Crippen MR) is 124 cm³/mol. The van der Waals surface area contributed by atoms with Crippen molar-refractivity contribution in [2.45, 2.75) is 44.4 Å². The molecular formula is C23H31N3O4S. The zero-order chi connectivity index (χ0) is 22.4. The lowest BCUT2D eigenvalue weighted by atomic mass is 10.1. The van der Waals surface area contributed by atoms with Crippen LogP contribution < -0.4 is 19.7 Å².